The summed E-state index contributed by atoms with van der Waals surface area (Å²) in [5, 5.41) is 3.15. The Kier molecular flexibility index (Phi) is 6.90. The van der Waals surface area contributed by atoms with Gasteiger partial charge < -0.3 is 14.8 Å². The number of hydrogen-bond acceptors (Lipinski definition) is 5. The third-order valence-electron chi connectivity index (χ3n) is 4.84. The third kappa shape index (κ3) is 4.89. The van der Waals surface area contributed by atoms with Crippen LogP contribution < -0.4 is 10.1 Å². The van der Waals surface area contributed by atoms with E-state index in [4.69, 9.17) is 9.47 Å². The maximum Gasteiger partial charge on any atom is 0.278 e. The number of amides is 2. The van der Waals surface area contributed by atoms with Crippen LogP contribution in [0.15, 0.2) is 54.2 Å². The highest BCUT2D eigenvalue weighted by molar-refractivity contribution is 6.36. The van der Waals surface area contributed by atoms with E-state index in [0.717, 1.165) is 11.1 Å². The molecule has 0 unspecified atom stereocenters. The summed E-state index contributed by atoms with van der Waals surface area (Å²) in [5.41, 5.74) is 3.19. The van der Waals surface area contributed by atoms with Crippen LogP contribution in [0, 0.1) is 6.92 Å². The molecule has 2 amide bonds. The second-order valence-corrected chi connectivity index (χ2v) is 7.50. The van der Waals surface area contributed by atoms with E-state index >= 15 is 0 Å². The fourth-order valence-corrected chi connectivity index (χ4v) is 3.24. The molecule has 0 saturated heterocycles. The number of benzene rings is 2. The zero-order chi connectivity index (χ0) is 21.7. The van der Waals surface area contributed by atoms with E-state index in [-0.39, 0.29) is 17.9 Å². The van der Waals surface area contributed by atoms with Crippen LogP contribution in [-0.2, 0) is 14.3 Å². The zero-order valence-corrected chi connectivity index (χ0v) is 17.9. The van der Waals surface area contributed by atoms with Gasteiger partial charge in [0.1, 0.15) is 11.4 Å². The van der Waals surface area contributed by atoms with Gasteiger partial charge in [-0.25, -0.2) is 0 Å². The molecule has 0 fully saturated rings. The van der Waals surface area contributed by atoms with Gasteiger partial charge >= 0.3 is 0 Å². The fourth-order valence-electron chi connectivity index (χ4n) is 3.24. The van der Waals surface area contributed by atoms with Crippen molar-refractivity contribution in [2.24, 2.45) is 0 Å². The van der Waals surface area contributed by atoms with Gasteiger partial charge in [-0.1, -0.05) is 29.8 Å². The van der Waals surface area contributed by atoms with Gasteiger partial charge in [0.2, 0.25) is 0 Å². The summed E-state index contributed by atoms with van der Waals surface area (Å²) in [6.07, 6.45) is 0.704. The Bertz CT molecular complexity index is 931. The standard InChI is InChI=1S/C24H28N2O4/c1-16(2)30-15-5-14-26-23(27)21(18-8-6-17(3)7-9-18)22(24(26)28)25-19-10-12-20(29-4)13-11-19/h6-13,16,25H,5,14-15H2,1-4H3. The number of aryl methyl sites for hydroxylation is 1. The van der Waals surface area contributed by atoms with Crippen molar-refractivity contribution >= 4 is 23.1 Å². The fraction of sp³-hybridized carbons (Fsp3) is 0.333. The number of imide groups is 1. The number of anilines is 1. The lowest BCUT2D eigenvalue weighted by Gasteiger charge is -2.16. The molecule has 0 aliphatic carbocycles. The van der Waals surface area contributed by atoms with E-state index in [0.29, 0.717) is 42.3 Å². The Morgan fingerprint density at radius 3 is 2.23 bits per heavy atom. The first-order chi connectivity index (χ1) is 14.4. The van der Waals surface area contributed by atoms with Crippen molar-refractivity contribution in [3.8, 4) is 5.75 Å². The summed E-state index contributed by atoms with van der Waals surface area (Å²) in [6, 6.07) is 14.8. The van der Waals surface area contributed by atoms with Gasteiger partial charge in [0, 0.05) is 18.8 Å². The molecule has 1 N–H and O–H groups in total. The maximum atomic E-state index is 13.2. The number of methoxy groups -OCH3 is 1. The van der Waals surface area contributed by atoms with Gasteiger partial charge in [0.25, 0.3) is 11.8 Å². The lowest BCUT2D eigenvalue weighted by atomic mass is 10.0. The molecule has 6 nitrogen and oxygen atoms in total. The molecule has 1 aliphatic rings. The SMILES string of the molecule is COc1ccc(NC2=C(c3ccc(C)cc3)C(=O)N(CCCOC(C)C)C2=O)cc1. The summed E-state index contributed by atoms with van der Waals surface area (Å²) < 4.78 is 10.7. The number of rotatable bonds is 9. The van der Waals surface area contributed by atoms with Crippen LogP contribution in [0.2, 0.25) is 0 Å². The quantitative estimate of drug-likeness (QED) is 0.502. The highest BCUT2D eigenvalue weighted by Gasteiger charge is 2.38. The lowest BCUT2D eigenvalue weighted by Crippen LogP contribution is -2.34. The molecule has 0 bridgehead atoms. The average Bonchev–Trinajstić information content (AvgIpc) is 2.96. The van der Waals surface area contributed by atoms with Crippen LogP contribution in [0.1, 0.15) is 31.4 Å². The second kappa shape index (κ2) is 9.59. The number of hydrogen-bond donors (Lipinski definition) is 1. The van der Waals surface area contributed by atoms with Crippen molar-refractivity contribution in [1.29, 1.82) is 0 Å². The smallest absolute Gasteiger partial charge is 0.278 e. The van der Waals surface area contributed by atoms with Gasteiger partial charge in [0.15, 0.2) is 0 Å². The van der Waals surface area contributed by atoms with Crippen molar-refractivity contribution in [2.45, 2.75) is 33.3 Å². The summed E-state index contributed by atoms with van der Waals surface area (Å²) in [4.78, 5) is 27.6. The molecule has 0 aromatic heterocycles. The van der Waals surface area contributed by atoms with Crippen molar-refractivity contribution in [3.63, 3.8) is 0 Å². The average molecular weight is 408 g/mol. The summed E-state index contributed by atoms with van der Waals surface area (Å²) in [5.74, 6) is 0.106. The first-order valence-electron chi connectivity index (χ1n) is 10.1. The number of nitrogens with one attached hydrogen (secondary N) is 1. The Labute approximate surface area is 177 Å². The molecule has 0 radical (unpaired) electrons. The van der Waals surface area contributed by atoms with Gasteiger partial charge in [0.05, 0.1) is 18.8 Å². The predicted octanol–water partition coefficient (Wildman–Crippen LogP) is 4.01. The van der Waals surface area contributed by atoms with Crippen LogP contribution in [0.25, 0.3) is 5.57 Å². The number of carbonyl (C=O) groups is 2. The minimum atomic E-state index is -0.323. The molecule has 30 heavy (non-hydrogen) atoms. The summed E-state index contributed by atoms with van der Waals surface area (Å²) in [6.45, 7) is 6.71. The number of nitrogens with zero attached hydrogens (tertiary/aromatic N) is 1. The van der Waals surface area contributed by atoms with Crippen LogP contribution in [-0.4, -0.2) is 43.1 Å². The maximum absolute atomic E-state index is 13.2. The van der Waals surface area contributed by atoms with E-state index in [1.807, 2.05) is 57.2 Å². The van der Waals surface area contributed by atoms with Gasteiger partial charge in [-0.3, -0.25) is 14.5 Å². The van der Waals surface area contributed by atoms with Crippen LogP contribution in [0.5, 0.6) is 5.75 Å². The number of ether oxygens (including phenoxy) is 2. The van der Waals surface area contributed by atoms with E-state index in [1.54, 1.807) is 19.2 Å². The first kappa shape index (κ1) is 21.6. The normalized spacial score (nSPS) is 14.1. The lowest BCUT2D eigenvalue weighted by molar-refractivity contribution is -0.137. The molecular weight excluding hydrogens is 380 g/mol. The summed E-state index contributed by atoms with van der Waals surface area (Å²) >= 11 is 0. The molecule has 6 heteroatoms. The van der Waals surface area contributed by atoms with E-state index in [9.17, 15) is 9.59 Å². The van der Waals surface area contributed by atoms with Crippen LogP contribution in [0.4, 0.5) is 5.69 Å². The molecule has 158 valence electrons. The van der Waals surface area contributed by atoms with E-state index in [2.05, 4.69) is 5.32 Å². The Morgan fingerprint density at radius 2 is 1.63 bits per heavy atom. The minimum Gasteiger partial charge on any atom is -0.497 e. The second-order valence-electron chi connectivity index (χ2n) is 7.50. The van der Waals surface area contributed by atoms with Crippen molar-refractivity contribution in [3.05, 3.63) is 65.4 Å². The molecule has 0 atom stereocenters. The molecule has 2 aromatic carbocycles. The molecule has 3 rings (SSSR count). The topological polar surface area (TPSA) is 67.9 Å². The van der Waals surface area contributed by atoms with Gasteiger partial charge in [-0.05, 0) is 57.0 Å². The third-order valence-corrected chi connectivity index (χ3v) is 4.84. The molecule has 1 heterocycles. The summed E-state index contributed by atoms with van der Waals surface area (Å²) in [7, 11) is 1.60. The van der Waals surface area contributed by atoms with Gasteiger partial charge in [-0.2, -0.15) is 0 Å². The van der Waals surface area contributed by atoms with E-state index in [1.165, 1.54) is 4.90 Å². The minimum absolute atomic E-state index is 0.114. The van der Waals surface area contributed by atoms with E-state index < -0.39 is 0 Å². The van der Waals surface area contributed by atoms with Crippen molar-refractivity contribution in [2.75, 3.05) is 25.6 Å². The van der Waals surface area contributed by atoms with Crippen molar-refractivity contribution in [1.82, 2.24) is 4.90 Å². The molecule has 2 aromatic rings. The Hall–Kier alpha value is -3.12. The molecule has 1 aliphatic heterocycles. The molecule has 0 saturated carbocycles. The first-order valence-corrected chi connectivity index (χ1v) is 10.1. The van der Waals surface area contributed by atoms with Crippen molar-refractivity contribution < 1.29 is 19.1 Å². The molecular formula is C24H28N2O4. The Balaban J connectivity index is 1.88. The zero-order valence-electron chi connectivity index (χ0n) is 17.9. The Morgan fingerprint density at radius 1 is 0.967 bits per heavy atom. The molecule has 0 spiro atoms. The highest BCUT2D eigenvalue weighted by atomic mass is 16.5. The number of carbonyl (C=O) groups excluding carboxylic acids is 2. The predicted molar refractivity (Wildman–Crippen MR) is 117 cm³/mol. The van der Waals surface area contributed by atoms with Crippen LogP contribution in [0.3, 0.4) is 0 Å². The van der Waals surface area contributed by atoms with Gasteiger partial charge in [-0.15, -0.1) is 0 Å². The largest absolute Gasteiger partial charge is 0.497 e. The monoisotopic (exact) mass is 408 g/mol. The van der Waals surface area contributed by atoms with Crippen LogP contribution >= 0.6 is 0 Å². The highest BCUT2D eigenvalue weighted by Crippen LogP contribution is 2.31.